The summed E-state index contributed by atoms with van der Waals surface area (Å²) in [6.07, 6.45) is -3.23. The summed E-state index contributed by atoms with van der Waals surface area (Å²) < 4.78 is 39.1. The van der Waals surface area contributed by atoms with Crippen LogP contribution in [0.25, 0.3) is 0 Å². The van der Waals surface area contributed by atoms with Crippen molar-refractivity contribution in [3.8, 4) is 5.75 Å². The first-order valence-corrected chi connectivity index (χ1v) is 8.62. The molecule has 0 aliphatic rings. The number of nitrogens with two attached hydrogens (primary N) is 1. The van der Waals surface area contributed by atoms with E-state index in [1.807, 2.05) is 6.26 Å². The van der Waals surface area contributed by atoms with Crippen LogP contribution in [0.15, 0.2) is 18.2 Å². The van der Waals surface area contributed by atoms with Gasteiger partial charge in [0.25, 0.3) is 0 Å². The van der Waals surface area contributed by atoms with Crippen molar-refractivity contribution < 1.29 is 33.0 Å². The maximum absolute atomic E-state index is 13.0. The monoisotopic (exact) mass is 380 g/mol. The van der Waals surface area contributed by atoms with Crippen molar-refractivity contribution in [1.29, 1.82) is 0 Å². The van der Waals surface area contributed by atoms with Gasteiger partial charge in [-0.15, -0.1) is 0 Å². The summed E-state index contributed by atoms with van der Waals surface area (Å²) in [5.41, 5.74) is 4.13. The van der Waals surface area contributed by atoms with Gasteiger partial charge in [0.1, 0.15) is 11.8 Å². The molecule has 5 N–H and O–H groups in total. The number of aromatic hydroxyl groups is 1. The Hall–Kier alpha value is -1.94. The second kappa shape index (κ2) is 8.95. The number of benzene rings is 1. The number of carbonyl (C=O) groups is 2. The van der Waals surface area contributed by atoms with Gasteiger partial charge in [-0.3, -0.25) is 4.79 Å². The lowest BCUT2D eigenvalue weighted by atomic mass is 9.99. The van der Waals surface area contributed by atoms with Crippen molar-refractivity contribution in [1.82, 2.24) is 5.32 Å². The Balaban J connectivity index is 2.96. The number of phenols is 1. The van der Waals surface area contributed by atoms with Crippen LogP contribution in [-0.4, -0.2) is 46.2 Å². The first kappa shape index (κ1) is 21.1. The zero-order valence-electron chi connectivity index (χ0n) is 13.3. The number of carboxylic acid groups (broad SMARTS) is 1. The lowest BCUT2D eigenvalue weighted by Gasteiger charge is -2.20. The summed E-state index contributed by atoms with van der Waals surface area (Å²) in [4.78, 5) is 23.2. The Morgan fingerprint density at radius 2 is 2.00 bits per heavy atom. The molecule has 140 valence electrons. The highest BCUT2D eigenvalue weighted by Gasteiger charge is 2.35. The van der Waals surface area contributed by atoms with Gasteiger partial charge < -0.3 is 21.3 Å². The van der Waals surface area contributed by atoms with Crippen LogP contribution in [0.5, 0.6) is 5.75 Å². The van der Waals surface area contributed by atoms with E-state index in [2.05, 4.69) is 5.32 Å². The van der Waals surface area contributed by atoms with Crippen LogP contribution in [0.2, 0.25) is 0 Å². The number of carbonyl (C=O) groups excluding carboxylic acids is 1. The second-order valence-corrected chi connectivity index (χ2v) is 6.32. The van der Waals surface area contributed by atoms with Crippen LogP contribution in [0, 0.1) is 0 Å². The number of alkyl halides is 3. The Morgan fingerprint density at radius 3 is 2.52 bits per heavy atom. The minimum atomic E-state index is -4.77. The Labute approximate surface area is 146 Å². The van der Waals surface area contributed by atoms with Crippen molar-refractivity contribution in [2.24, 2.45) is 5.73 Å². The minimum absolute atomic E-state index is 0.312. The van der Waals surface area contributed by atoms with Crippen LogP contribution in [0.1, 0.15) is 17.5 Å². The molecule has 1 aromatic rings. The summed E-state index contributed by atoms with van der Waals surface area (Å²) in [6, 6.07) is -0.00127. The smallest absolute Gasteiger partial charge is 0.416 e. The largest absolute Gasteiger partial charge is 0.508 e. The van der Waals surface area contributed by atoms with Crippen LogP contribution < -0.4 is 11.1 Å². The van der Waals surface area contributed by atoms with Crippen LogP contribution >= 0.6 is 11.8 Å². The predicted molar refractivity (Wildman–Crippen MR) is 87.4 cm³/mol. The van der Waals surface area contributed by atoms with Gasteiger partial charge in [0.15, 0.2) is 0 Å². The topological polar surface area (TPSA) is 113 Å². The van der Waals surface area contributed by atoms with Gasteiger partial charge in [-0.1, -0.05) is 6.07 Å². The van der Waals surface area contributed by atoms with Crippen LogP contribution in [0.3, 0.4) is 0 Å². The molecule has 0 fully saturated rings. The number of phenolic OH excluding ortho intramolecular Hbond substituents is 1. The van der Waals surface area contributed by atoms with E-state index in [0.717, 1.165) is 12.1 Å². The molecule has 0 saturated carbocycles. The van der Waals surface area contributed by atoms with Gasteiger partial charge in [0.05, 0.1) is 11.6 Å². The van der Waals surface area contributed by atoms with Crippen molar-refractivity contribution in [3.63, 3.8) is 0 Å². The fraction of sp³-hybridized carbons (Fsp3) is 0.467. The Morgan fingerprint density at radius 1 is 1.36 bits per heavy atom. The summed E-state index contributed by atoms with van der Waals surface area (Å²) in [6.45, 7) is 0. The Kier molecular flexibility index (Phi) is 7.56. The van der Waals surface area contributed by atoms with Gasteiger partial charge in [-0.05, 0) is 36.1 Å². The summed E-state index contributed by atoms with van der Waals surface area (Å²) >= 11 is 1.46. The number of hydrogen-bond acceptors (Lipinski definition) is 5. The standard InChI is InChI=1S/C15H19F3N2O4S/c1-25-5-4-11(19)13(22)20-12(14(23)24)6-8-2-3-9(21)7-10(8)15(16,17)18/h2-3,7,11-12,21H,4-6,19H2,1H3,(H,20,22)(H,23,24)/t11-,12-/m0/s1. The van der Waals surface area contributed by atoms with Crippen LogP contribution in [0.4, 0.5) is 13.2 Å². The Bertz CT molecular complexity index is 625. The molecule has 25 heavy (non-hydrogen) atoms. The molecule has 0 aromatic heterocycles. The molecule has 0 radical (unpaired) electrons. The molecular formula is C15H19F3N2O4S. The van der Waals surface area contributed by atoms with Gasteiger partial charge in [0.2, 0.25) is 5.91 Å². The van der Waals surface area contributed by atoms with E-state index in [-0.39, 0.29) is 5.56 Å². The fourth-order valence-electron chi connectivity index (χ4n) is 2.08. The third-order valence-corrected chi connectivity index (χ3v) is 4.05. The van der Waals surface area contributed by atoms with E-state index in [0.29, 0.717) is 18.2 Å². The minimum Gasteiger partial charge on any atom is -0.508 e. The maximum Gasteiger partial charge on any atom is 0.416 e. The molecule has 0 bridgehead atoms. The zero-order valence-corrected chi connectivity index (χ0v) is 14.2. The lowest BCUT2D eigenvalue weighted by Crippen LogP contribution is -2.49. The number of aliphatic carboxylic acids is 1. The molecule has 1 aromatic carbocycles. The van der Waals surface area contributed by atoms with Crippen molar-refractivity contribution in [2.45, 2.75) is 31.1 Å². The second-order valence-electron chi connectivity index (χ2n) is 5.33. The number of hydrogen-bond donors (Lipinski definition) is 4. The summed E-state index contributed by atoms with van der Waals surface area (Å²) in [5, 5.41) is 20.6. The van der Waals surface area contributed by atoms with E-state index < -0.39 is 47.9 Å². The van der Waals surface area contributed by atoms with Gasteiger partial charge >= 0.3 is 12.1 Å². The number of carboxylic acids is 1. The van der Waals surface area contributed by atoms with E-state index in [1.54, 1.807) is 0 Å². The van der Waals surface area contributed by atoms with Gasteiger partial charge in [-0.25, -0.2) is 4.79 Å². The molecule has 10 heteroatoms. The quantitative estimate of drug-likeness (QED) is 0.545. The molecular weight excluding hydrogens is 361 g/mol. The normalized spacial score (nSPS) is 14.0. The molecule has 0 saturated heterocycles. The predicted octanol–water partition coefficient (Wildman–Crippen LogP) is 1.60. The van der Waals surface area contributed by atoms with E-state index in [9.17, 15) is 33.0 Å². The zero-order chi connectivity index (χ0) is 19.2. The van der Waals surface area contributed by atoms with Crippen molar-refractivity contribution >= 4 is 23.6 Å². The van der Waals surface area contributed by atoms with Crippen molar-refractivity contribution in [2.75, 3.05) is 12.0 Å². The third-order valence-electron chi connectivity index (χ3n) is 3.41. The van der Waals surface area contributed by atoms with Crippen LogP contribution in [-0.2, 0) is 22.2 Å². The molecule has 6 nitrogen and oxygen atoms in total. The molecule has 0 unspecified atom stereocenters. The average Bonchev–Trinajstić information content (AvgIpc) is 2.52. The number of amides is 1. The van der Waals surface area contributed by atoms with E-state index in [1.165, 1.54) is 11.8 Å². The highest BCUT2D eigenvalue weighted by atomic mass is 32.2. The molecule has 0 aliphatic heterocycles. The summed E-state index contributed by atoms with van der Waals surface area (Å²) in [5.74, 6) is -2.23. The number of nitrogens with one attached hydrogen (secondary N) is 1. The average molecular weight is 380 g/mol. The summed E-state index contributed by atoms with van der Waals surface area (Å²) in [7, 11) is 0. The number of rotatable bonds is 8. The fourth-order valence-corrected chi connectivity index (χ4v) is 2.57. The molecule has 2 atom stereocenters. The highest BCUT2D eigenvalue weighted by Crippen LogP contribution is 2.34. The first-order chi connectivity index (χ1) is 11.6. The molecule has 1 rings (SSSR count). The first-order valence-electron chi connectivity index (χ1n) is 7.23. The molecule has 1 amide bonds. The number of thioether (sulfide) groups is 1. The third kappa shape index (κ3) is 6.46. The SMILES string of the molecule is CSCC[C@H](N)C(=O)N[C@@H](Cc1ccc(O)cc1C(F)(F)F)C(=O)O. The van der Waals surface area contributed by atoms with E-state index >= 15 is 0 Å². The lowest BCUT2D eigenvalue weighted by molar-refractivity contribution is -0.143. The van der Waals surface area contributed by atoms with Crippen molar-refractivity contribution in [3.05, 3.63) is 29.3 Å². The molecule has 0 spiro atoms. The number of halogens is 3. The molecule has 0 aliphatic carbocycles. The van der Waals surface area contributed by atoms with Gasteiger partial charge in [-0.2, -0.15) is 24.9 Å². The highest BCUT2D eigenvalue weighted by molar-refractivity contribution is 7.98. The van der Waals surface area contributed by atoms with E-state index in [4.69, 9.17) is 5.73 Å². The molecule has 0 heterocycles. The maximum atomic E-state index is 13.0. The van der Waals surface area contributed by atoms with Gasteiger partial charge in [0, 0.05) is 6.42 Å².